The lowest BCUT2D eigenvalue weighted by Crippen LogP contribution is -2.30. The lowest BCUT2D eigenvalue weighted by atomic mass is 10.3. The van der Waals surface area contributed by atoms with Gasteiger partial charge in [0.15, 0.2) is 11.2 Å². The van der Waals surface area contributed by atoms with Gasteiger partial charge >= 0.3 is 0 Å². The molecular weight excluding hydrogens is 343 g/mol. The van der Waals surface area contributed by atoms with Gasteiger partial charge in [0.2, 0.25) is 0 Å². The molecule has 1 aliphatic carbocycles. The first-order valence-corrected chi connectivity index (χ1v) is 8.54. The zero-order chi connectivity index (χ0) is 15.7. The van der Waals surface area contributed by atoms with Gasteiger partial charge in [-0.15, -0.1) is 11.3 Å². The van der Waals surface area contributed by atoms with Crippen molar-refractivity contribution in [2.24, 2.45) is 0 Å². The molecule has 0 aliphatic heterocycles. The van der Waals surface area contributed by atoms with Crippen LogP contribution in [0.15, 0.2) is 23.6 Å². The molecule has 0 radical (unpaired) electrons. The number of carbonyl (C=O) groups excluding carboxylic acids is 1. The number of benzene rings is 1. The fourth-order valence-corrected chi connectivity index (χ4v) is 3.18. The third kappa shape index (κ3) is 3.72. The standard InChI is InChI=1S/C15H14Cl2N2O2S/c1-8(21-13-5-4-10(16)6-11(13)17)14(20)19-15-18-12(7-22-15)9-2-3-9/h4-9H,2-3H2,1H3,(H,18,19,20)/t8-/m0/s1. The van der Waals surface area contributed by atoms with E-state index in [-0.39, 0.29) is 5.91 Å². The Bertz CT molecular complexity index is 701. The zero-order valence-corrected chi connectivity index (χ0v) is 14.1. The van der Waals surface area contributed by atoms with Crippen molar-refractivity contribution in [3.05, 3.63) is 39.3 Å². The van der Waals surface area contributed by atoms with Gasteiger partial charge in [-0.1, -0.05) is 23.2 Å². The normalized spacial score (nSPS) is 15.4. The number of carbonyl (C=O) groups is 1. The van der Waals surface area contributed by atoms with E-state index in [1.807, 2.05) is 5.38 Å². The van der Waals surface area contributed by atoms with Crippen molar-refractivity contribution < 1.29 is 9.53 Å². The van der Waals surface area contributed by atoms with E-state index in [2.05, 4.69) is 10.3 Å². The van der Waals surface area contributed by atoms with E-state index >= 15 is 0 Å². The van der Waals surface area contributed by atoms with Crippen molar-refractivity contribution in [3.8, 4) is 5.75 Å². The van der Waals surface area contributed by atoms with Gasteiger partial charge in [-0.2, -0.15) is 0 Å². The van der Waals surface area contributed by atoms with Crippen LogP contribution in [0.1, 0.15) is 31.4 Å². The number of nitrogens with zero attached hydrogens (tertiary/aromatic N) is 1. The minimum Gasteiger partial charge on any atom is -0.479 e. The Labute approximate surface area is 142 Å². The van der Waals surface area contributed by atoms with E-state index in [1.54, 1.807) is 25.1 Å². The molecule has 1 atom stereocenters. The highest BCUT2D eigenvalue weighted by Gasteiger charge is 2.26. The van der Waals surface area contributed by atoms with E-state index in [0.29, 0.717) is 26.8 Å². The molecule has 0 saturated heterocycles. The van der Waals surface area contributed by atoms with Crippen LogP contribution in [0.5, 0.6) is 5.75 Å². The molecule has 4 nitrogen and oxygen atoms in total. The SMILES string of the molecule is C[C@H](Oc1ccc(Cl)cc1Cl)C(=O)Nc1nc(C2CC2)cs1. The smallest absolute Gasteiger partial charge is 0.266 e. The molecule has 1 aliphatic rings. The first kappa shape index (κ1) is 15.6. The molecule has 1 aromatic heterocycles. The molecule has 1 heterocycles. The fraction of sp³-hybridized carbons (Fsp3) is 0.333. The number of nitrogens with one attached hydrogen (secondary N) is 1. The van der Waals surface area contributed by atoms with Gasteiger partial charge in [-0.05, 0) is 38.0 Å². The first-order valence-electron chi connectivity index (χ1n) is 6.91. The summed E-state index contributed by atoms with van der Waals surface area (Å²) in [5.41, 5.74) is 1.06. The molecule has 1 aromatic carbocycles. The second kappa shape index (κ2) is 6.44. The molecule has 3 rings (SSSR count). The second-order valence-electron chi connectivity index (χ2n) is 5.18. The molecule has 2 aromatic rings. The Balaban J connectivity index is 1.60. The summed E-state index contributed by atoms with van der Waals surface area (Å²) < 4.78 is 5.57. The van der Waals surface area contributed by atoms with Crippen molar-refractivity contribution in [2.75, 3.05) is 5.32 Å². The van der Waals surface area contributed by atoms with Gasteiger partial charge in [0.05, 0.1) is 10.7 Å². The van der Waals surface area contributed by atoms with E-state index in [9.17, 15) is 4.79 Å². The van der Waals surface area contributed by atoms with Gasteiger partial charge in [0.1, 0.15) is 5.75 Å². The van der Waals surface area contributed by atoms with Crippen molar-refractivity contribution in [1.82, 2.24) is 4.98 Å². The predicted octanol–water partition coefficient (Wildman–Crippen LogP) is 4.73. The Hall–Kier alpha value is -1.30. The fourth-order valence-electron chi connectivity index (χ4n) is 1.93. The Morgan fingerprint density at radius 2 is 2.23 bits per heavy atom. The van der Waals surface area contributed by atoms with Crippen LogP contribution in [-0.2, 0) is 4.79 Å². The number of ether oxygens (including phenoxy) is 1. The molecule has 0 bridgehead atoms. The van der Waals surface area contributed by atoms with Crippen LogP contribution in [0.4, 0.5) is 5.13 Å². The number of anilines is 1. The highest BCUT2D eigenvalue weighted by atomic mass is 35.5. The molecular formula is C15H14Cl2N2O2S. The molecule has 1 saturated carbocycles. The maximum atomic E-state index is 12.2. The topological polar surface area (TPSA) is 51.2 Å². The summed E-state index contributed by atoms with van der Waals surface area (Å²) in [6.45, 7) is 1.66. The Morgan fingerprint density at radius 1 is 1.45 bits per heavy atom. The lowest BCUT2D eigenvalue weighted by Gasteiger charge is -2.14. The second-order valence-corrected chi connectivity index (χ2v) is 6.88. The third-order valence-corrected chi connectivity index (χ3v) is 4.62. The highest BCUT2D eigenvalue weighted by Crippen LogP contribution is 2.40. The van der Waals surface area contributed by atoms with Crippen LogP contribution in [0.2, 0.25) is 10.0 Å². The van der Waals surface area contributed by atoms with E-state index < -0.39 is 6.10 Å². The molecule has 22 heavy (non-hydrogen) atoms. The quantitative estimate of drug-likeness (QED) is 0.841. The molecule has 7 heteroatoms. The van der Waals surface area contributed by atoms with E-state index in [0.717, 1.165) is 5.69 Å². The molecule has 1 amide bonds. The van der Waals surface area contributed by atoms with E-state index in [1.165, 1.54) is 24.2 Å². The number of aromatic nitrogens is 1. The number of hydrogen-bond acceptors (Lipinski definition) is 4. The number of rotatable bonds is 5. The maximum Gasteiger partial charge on any atom is 0.266 e. The van der Waals surface area contributed by atoms with Crippen LogP contribution in [0.3, 0.4) is 0 Å². The lowest BCUT2D eigenvalue weighted by molar-refractivity contribution is -0.122. The first-order chi connectivity index (χ1) is 10.5. The van der Waals surface area contributed by atoms with Crippen molar-refractivity contribution in [3.63, 3.8) is 0 Å². The van der Waals surface area contributed by atoms with Gasteiger partial charge < -0.3 is 4.74 Å². The van der Waals surface area contributed by atoms with Gasteiger partial charge in [-0.3, -0.25) is 10.1 Å². The minimum atomic E-state index is -0.688. The maximum absolute atomic E-state index is 12.2. The zero-order valence-electron chi connectivity index (χ0n) is 11.8. The van der Waals surface area contributed by atoms with Crippen molar-refractivity contribution in [2.45, 2.75) is 31.8 Å². The summed E-state index contributed by atoms with van der Waals surface area (Å²) in [6.07, 6.45) is 1.68. The van der Waals surface area contributed by atoms with Gasteiger partial charge in [0, 0.05) is 16.3 Å². The van der Waals surface area contributed by atoms with E-state index in [4.69, 9.17) is 27.9 Å². The summed E-state index contributed by atoms with van der Waals surface area (Å²) in [4.78, 5) is 16.6. The molecule has 1 N–H and O–H groups in total. The highest BCUT2D eigenvalue weighted by molar-refractivity contribution is 7.13. The Kier molecular flexibility index (Phi) is 4.57. The number of hydrogen-bond donors (Lipinski definition) is 1. The summed E-state index contributed by atoms with van der Waals surface area (Å²) in [6, 6.07) is 4.88. The molecule has 0 unspecified atom stereocenters. The molecule has 0 spiro atoms. The van der Waals surface area contributed by atoms with Gasteiger partial charge in [0.25, 0.3) is 5.91 Å². The number of amides is 1. The number of halogens is 2. The summed E-state index contributed by atoms with van der Waals surface area (Å²) in [5, 5.41) is 6.26. The van der Waals surface area contributed by atoms with Crippen LogP contribution in [0.25, 0.3) is 0 Å². The average molecular weight is 357 g/mol. The number of thiazole rings is 1. The summed E-state index contributed by atoms with van der Waals surface area (Å²) in [7, 11) is 0. The largest absolute Gasteiger partial charge is 0.479 e. The monoisotopic (exact) mass is 356 g/mol. The van der Waals surface area contributed by atoms with Crippen LogP contribution in [0, 0.1) is 0 Å². The predicted molar refractivity (Wildman–Crippen MR) is 89.3 cm³/mol. The minimum absolute atomic E-state index is 0.261. The summed E-state index contributed by atoms with van der Waals surface area (Å²) >= 11 is 13.3. The molecule has 1 fully saturated rings. The van der Waals surface area contributed by atoms with Crippen LogP contribution in [-0.4, -0.2) is 17.0 Å². The van der Waals surface area contributed by atoms with Gasteiger partial charge in [-0.25, -0.2) is 4.98 Å². The summed E-state index contributed by atoms with van der Waals surface area (Å²) in [5.74, 6) is 0.734. The van der Waals surface area contributed by atoms with Crippen molar-refractivity contribution in [1.29, 1.82) is 0 Å². The van der Waals surface area contributed by atoms with Crippen LogP contribution >= 0.6 is 34.5 Å². The Morgan fingerprint density at radius 3 is 2.91 bits per heavy atom. The van der Waals surface area contributed by atoms with Crippen molar-refractivity contribution >= 4 is 45.6 Å². The average Bonchev–Trinajstić information content (AvgIpc) is 3.22. The third-order valence-electron chi connectivity index (χ3n) is 3.31. The van der Waals surface area contributed by atoms with Crippen LogP contribution < -0.4 is 10.1 Å². The molecule has 116 valence electrons.